The second kappa shape index (κ2) is 16.6. The smallest absolute Gasteiger partial charge is 0.230 e. The maximum atomic E-state index is 13.7. The standard InChI is InChI=1S/C47H58N6O5/c1-8-37-30(2)23-36(24-31(37)3)58-45-46(4,5)41(47(45,6)7)26-39(54)33-9-12-35(13-10-33)52-17-15-32(16-18-52)29-51-19-21-53(22-20-51)42-28-48-38(27-49-42)40(55)25-34-11-14-43(56)50-44(34)57/h1,9-10,12-13,23-24,27-28,32,34,41,45H,11,14-22,25-26,29H2,2-7H3,(H,50,56,57)/t34-,41?,45?/m1/s1. The number of rotatable bonds is 12. The lowest BCUT2D eigenvalue weighted by Crippen LogP contribution is -2.66. The molecule has 0 radical (unpaired) electrons. The van der Waals surface area contributed by atoms with Gasteiger partial charge in [0.2, 0.25) is 11.8 Å². The van der Waals surface area contributed by atoms with Gasteiger partial charge in [-0.15, -0.1) is 6.42 Å². The first-order valence-electron chi connectivity index (χ1n) is 20.9. The Hall–Kier alpha value is -5.08. The number of imide groups is 1. The molecule has 4 heterocycles. The summed E-state index contributed by atoms with van der Waals surface area (Å²) < 4.78 is 6.63. The van der Waals surface area contributed by atoms with Crippen molar-refractivity contribution in [2.45, 2.75) is 86.2 Å². The number of aromatic nitrogens is 2. The summed E-state index contributed by atoms with van der Waals surface area (Å²) in [7, 11) is 0. The number of anilines is 2. The Kier molecular flexibility index (Phi) is 11.8. The van der Waals surface area contributed by atoms with Crippen LogP contribution in [0.2, 0.25) is 0 Å². The molecule has 2 amide bonds. The molecule has 1 N–H and O–H groups in total. The average Bonchev–Trinajstić information content (AvgIpc) is 3.20. The molecule has 0 spiro atoms. The van der Waals surface area contributed by atoms with Crippen LogP contribution in [0.15, 0.2) is 48.8 Å². The van der Waals surface area contributed by atoms with E-state index in [0.29, 0.717) is 18.8 Å². The highest BCUT2D eigenvalue weighted by atomic mass is 16.5. The summed E-state index contributed by atoms with van der Waals surface area (Å²) in [5.41, 5.74) is 4.85. The Morgan fingerprint density at radius 2 is 1.50 bits per heavy atom. The van der Waals surface area contributed by atoms with Crippen molar-refractivity contribution in [1.29, 1.82) is 0 Å². The van der Waals surface area contributed by atoms with Crippen LogP contribution in [0.5, 0.6) is 5.75 Å². The normalized spacial score (nSPS) is 23.4. The van der Waals surface area contributed by atoms with Crippen molar-refractivity contribution in [3.63, 3.8) is 0 Å². The fourth-order valence-corrected chi connectivity index (χ4v) is 10.3. The number of hydrogen-bond donors (Lipinski definition) is 1. The first kappa shape index (κ1) is 41.1. The van der Waals surface area contributed by atoms with Crippen molar-refractivity contribution in [3.8, 4) is 18.1 Å². The fraction of sp³-hybridized carbons (Fsp3) is 0.532. The highest BCUT2D eigenvalue weighted by Gasteiger charge is 2.63. The monoisotopic (exact) mass is 786 g/mol. The van der Waals surface area contributed by atoms with E-state index in [4.69, 9.17) is 11.2 Å². The van der Waals surface area contributed by atoms with E-state index in [2.05, 4.69) is 75.7 Å². The maximum absolute atomic E-state index is 13.7. The third-order valence-electron chi connectivity index (χ3n) is 13.5. The molecule has 7 rings (SSSR count). The quantitative estimate of drug-likeness (QED) is 0.125. The summed E-state index contributed by atoms with van der Waals surface area (Å²) in [6.07, 6.45) is 12.2. The van der Waals surface area contributed by atoms with E-state index >= 15 is 0 Å². The Morgan fingerprint density at radius 1 is 0.845 bits per heavy atom. The van der Waals surface area contributed by atoms with Crippen molar-refractivity contribution in [2.24, 2.45) is 28.6 Å². The van der Waals surface area contributed by atoms with Gasteiger partial charge in [0.25, 0.3) is 0 Å². The number of ether oxygens (including phenoxy) is 1. The van der Waals surface area contributed by atoms with Crippen LogP contribution in [0, 0.1) is 54.8 Å². The zero-order chi connectivity index (χ0) is 41.4. The number of nitrogens with zero attached hydrogens (tertiary/aromatic N) is 5. The van der Waals surface area contributed by atoms with Crippen molar-refractivity contribution in [1.82, 2.24) is 20.2 Å². The Labute approximate surface area is 343 Å². The van der Waals surface area contributed by atoms with Gasteiger partial charge in [0.1, 0.15) is 23.4 Å². The largest absolute Gasteiger partial charge is 0.489 e. The number of nitrogens with one attached hydrogen (secondary N) is 1. The van der Waals surface area contributed by atoms with E-state index in [-0.39, 0.29) is 64.8 Å². The molecule has 11 nitrogen and oxygen atoms in total. The van der Waals surface area contributed by atoms with E-state index in [9.17, 15) is 19.2 Å². The lowest BCUT2D eigenvalue weighted by molar-refractivity contribution is -0.196. The molecule has 58 heavy (non-hydrogen) atoms. The number of benzene rings is 2. The number of carbonyl (C=O) groups excluding carboxylic acids is 4. The van der Waals surface area contributed by atoms with Gasteiger partial charge in [-0.2, -0.15) is 0 Å². The van der Waals surface area contributed by atoms with Gasteiger partial charge in [-0.25, -0.2) is 9.97 Å². The maximum Gasteiger partial charge on any atom is 0.230 e. The van der Waals surface area contributed by atoms with Crippen LogP contribution in [0.3, 0.4) is 0 Å². The molecule has 1 aliphatic carbocycles. The zero-order valence-electron chi connectivity index (χ0n) is 35.0. The highest BCUT2D eigenvalue weighted by Crippen LogP contribution is 2.61. The SMILES string of the molecule is C#Cc1c(C)cc(OC2C(C)(C)C(CC(=O)c3ccc(N4CCC(CN5CCN(c6cnc(C(=O)C[C@H]7CCC(=O)NC7=O)cn6)CC5)CC4)cc3)C2(C)C)cc1C. The lowest BCUT2D eigenvalue weighted by Gasteiger charge is -2.63. The number of piperidine rings is 2. The van der Waals surface area contributed by atoms with Gasteiger partial charge in [-0.1, -0.05) is 33.6 Å². The van der Waals surface area contributed by atoms with Gasteiger partial charge in [-0.05, 0) is 92.5 Å². The van der Waals surface area contributed by atoms with Gasteiger partial charge >= 0.3 is 0 Å². The van der Waals surface area contributed by atoms with Crippen LogP contribution in [0.1, 0.15) is 104 Å². The highest BCUT2D eigenvalue weighted by molar-refractivity contribution is 6.02. The third kappa shape index (κ3) is 8.54. The predicted octanol–water partition coefficient (Wildman–Crippen LogP) is 6.44. The minimum Gasteiger partial charge on any atom is -0.489 e. The van der Waals surface area contributed by atoms with Gasteiger partial charge in [0, 0.05) is 98.6 Å². The van der Waals surface area contributed by atoms with Gasteiger partial charge in [0.05, 0.1) is 12.4 Å². The molecule has 0 bridgehead atoms. The molecule has 0 unspecified atom stereocenters. The average molecular weight is 787 g/mol. The second-order valence-electron chi connectivity index (χ2n) is 18.2. The molecule has 11 heteroatoms. The van der Waals surface area contributed by atoms with Crippen molar-refractivity contribution in [2.75, 3.05) is 55.6 Å². The summed E-state index contributed by atoms with van der Waals surface area (Å²) in [5.74, 6) is 3.95. The van der Waals surface area contributed by atoms with E-state index in [1.807, 2.05) is 38.1 Å². The van der Waals surface area contributed by atoms with Crippen LogP contribution >= 0.6 is 0 Å². The topological polar surface area (TPSA) is 125 Å². The first-order valence-corrected chi connectivity index (χ1v) is 20.9. The van der Waals surface area contributed by atoms with Crippen molar-refractivity contribution >= 4 is 34.9 Å². The molecular formula is C47H58N6O5. The summed E-state index contributed by atoms with van der Waals surface area (Å²) in [5, 5.41) is 2.31. The molecule has 4 fully saturated rings. The molecule has 3 aliphatic heterocycles. The summed E-state index contributed by atoms with van der Waals surface area (Å²) in [6, 6.07) is 12.3. The van der Waals surface area contributed by atoms with Crippen molar-refractivity contribution in [3.05, 3.63) is 76.7 Å². The number of terminal acetylenes is 1. The van der Waals surface area contributed by atoms with Crippen LogP contribution in [0.4, 0.5) is 11.5 Å². The van der Waals surface area contributed by atoms with E-state index in [1.54, 1.807) is 6.20 Å². The summed E-state index contributed by atoms with van der Waals surface area (Å²) in [4.78, 5) is 66.0. The predicted molar refractivity (Wildman–Crippen MR) is 225 cm³/mol. The molecule has 2 aromatic carbocycles. The molecule has 1 saturated carbocycles. The number of hydrogen-bond acceptors (Lipinski definition) is 10. The van der Waals surface area contributed by atoms with Crippen LogP contribution < -0.4 is 19.9 Å². The Morgan fingerprint density at radius 3 is 2.09 bits per heavy atom. The Bertz CT molecular complexity index is 2030. The van der Waals surface area contributed by atoms with E-state index in [1.165, 1.54) is 11.9 Å². The molecular weight excluding hydrogens is 729 g/mol. The van der Waals surface area contributed by atoms with Gasteiger partial charge < -0.3 is 14.5 Å². The number of Topliss-reactive ketones (excluding diaryl/α,β-unsaturated/α-hetero) is 2. The summed E-state index contributed by atoms with van der Waals surface area (Å²) in [6.45, 7) is 19.6. The van der Waals surface area contributed by atoms with Gasteiger partial charge in [-0.3, -0.25) is 29.4 Å². The second-order valence-corrected chi connectivity index (χ2v) is 18.2. The molecule has 3 saturated heterocycles. The minimum atomic E-state index is -0.504. The van der Waals surface area contributed by atoms with Gasteiger partial charge in [0.15, 0.2) is 11.6 Å². The van der Waals surface area contributed by atoms with Crippen molar-refractivity contribution < 1.29 is 23.9 Å². The molecule has 1 aromatic heterocycles. The first-order chi connectivity index (χ1) is 27.6. The molecule has 4 aliphatic rings. The van der Waals surface area contributed by atoms with Crippen LogP contribution in [-0.2, 0) is 9.59 Å². The number of amides is 2. The number of piperazine rings is 1. The Balaban J connectivity index is 0.837. The number of carbonyl (C=O) groups is 4. The zero-order valence-corrected chi connectivity index (χ0v) is 35.0. The lowest BCUT2D eigenvalue weighted by atomic mass is 9.44. The number of ketones is 2. The minimum absolute atomic E-state index is 0.0254. The molecule has 3 aromatic rings. The van der Waals surface area contributed by atoms with E-state index in [0.717, 1.165) is 92.5 Å². The molecule has 306 valence electrons. The van der Waals surface area contributed by atoms with Crippen LogP contribution in [-0.4, -0.2) is 90.2 Å². The van der Waals surface area contributed by atoms with Crippen LogP contribution in [0.25, 0.3) is 0 Å². The fourth-order valence-electron chi connectivity index (χ4n) is 10.3. The third-order valence-corrected chi connectivity index (χ3v) is 13.5. The number of aryl methyl sites for hydroxylation is 2. The van der Waals surface area contributed by atoms with E-state index < -0.39 is 5.92 Å². The molecule has 1 atom stereocenters. The summed E-state index contributed by atoms with van der Waals surface area (Å²) >= 11 is 0.